The molecule has 0 fully saturated rings. The van der Waals surface area contributed by atoms with Crippen molar-refractivity contribution in [3.8, 4) is 5.75 Å². The first-order valence-electron chi connectivity index (χ1n) is 5.31. The average molecular weight is 256 g/mol. The van der Waals surface area contributed by atoms with Crippen LogP contribution in [0.15, 0.2) is 18.2 Å². The maximum Gasteiger partial charge on any atom is 0.272 e. The number of nitrogens with zero attached hydrogens (tertiary/aromatic N) is 1. The minimum absolute atomic E-state index is 0.128. The average Bonchev–Trinajstić information content (AvgIpc) is 2.28. The normalized spacial score (nSPS) is 10.2. The highest BCUT2D eigenvalue weighted by molar-refractivity contribution is 7.97. The number of nitrogens with one attached hydrogen (secondary N) is 1. The third kappa shape index (κ3) is 4.62. The summed E-state index contributed by atoms with van der Waals surface area (Å²) in [6.07, 6.45) is 0.932. The number of hydrogen-bond acceptors (Lipinski definition) is 5. The Morgan fingerprint density at radius 3 is 2.88 bits per heavy atom. The lowest BCUT2D eigenvalue weighted by molar-refractivity contribution is -0.385. The van der Waals surface area contributed by atoms with E-state index in [0.717, 1.165) is 12.2 Å². The Kier molecular flexibility index (Phi) is 5.79. The molecule has 0 aliphatic carbocycles. The number of rotatable bonds is 7. The smallest absolute Gasteiger partial charge is 0.272 e. The lowest BCUT2D eigenvalue weighted by atomic mass is 10.2. The molecule has 0 aromatic heterocycles. The molecule has 0 aliphatic heterocycles. The summed E-state index contributed by atoms with van der Waals surface area (Å²) in [5, 5.41) is 10.6. The molecule has 1 aromatic rings. The van der Waals surface area contributed by atoms with Gasteiger partial charge in [-0.1, -0.05) is 11.9 Å². The zero-order valence-corrected chi connectivity index (χ0v) is 10.8. The molecule has 0 aliphatic rings. The predicted octanol–water partition coefficient (Wildman–Crippen LogP) is 2.54. The van der Waals surface area contributed by atoms with E-state index in [1.165, 1.54) is 6.07 Å². The fourth-order valence-electron chi connectivity index (χ4n) is 1.35. The number of hydrogen-bond donors (Lipinski definition) is 1. The maximum absolute atomic E-state index is 10.6. The zero-order chi connectivity index (χ0) is 12.7. The summed E-state index contributed by atoms with van der Waals surface area (Å²) in [6, 6.07) is 4.81. The topological polar surface area (TPSA) is 64.4 Å². The third-order valence-electron chi connectivity index (χ3n) is 2.17. The highest BCUT2D eigenvalue weighted by atomic mass is 32.2. The van der Waals surface area contributed by atoms with E-state index < -0.39 is 0 Å². The molecule has 1 aromatic carbocycles. The molecule has 1 N–H and O–H groups in total. The van der Waals surface area contributed by atoms with Crippen LogP contribution in [0.25, 0.3) is 0 Å². The second kappa shape index (κ2) is 7.13. The van der Waals surface area contributed by atoms with Gasteiger partial charge in [-0.25, -0.2) is 0 Å². The van der Waals surface area contributed by atoms with Crippen LogP contribution < -0.4 is 9.46 Å². The molecule has 0 atom stereocenters. The maximum atomic E-state index is 10.6. The van der Waals surface area contributed by atoms with Crippen LogP contribution in [0.1, 0.15) is 12.0 Å². The second-order valence-electron chi connectivity index (χ2n) is 3.46. The molecule has 1 rings (SSSR count). The van der Waals surface area contributed by atoms with E-state index in [4.69, 9.17) is 4.74 Å². The van der Waals surface area contributed by atoms with Gasteiger partial charge in [-0.05, 0) is 32.5 Å². The molecule has 0 radical (unpaired) electrons. The first kappa shape index (κ1) is 13.8. The van der Waals surface area contributed by atoms with E-state index >= 15 is 0 Å². The molecule has 5 nitrogen and oxygen atoms in total. The minimum atomic E-state index is -0.386. The number of nitro benzene ring substituents is 1. The number of benzene rings is 1. The molecule has 0 bridgehead atoms. The van der Waals surface area contributed by atoms with E-state index in [-0.39, 0.29) is 10.6 Å². The first-order valence-corrected chi connectivity index (χ1v) is 6.30. The summed E-state index contributed by atoms with van der Waals surface area (Å²) >= 11 is 1.63. The van der Waals surface area contributed by atoms with Gasteiger partial charge in [0.05, 0.1) is 11.5 Å². The Bertz CT molecular complexity index is 385. The van der Waals surface area contributed by atoms with E-state index in [9.17, 15) is 10.1 Å². The molecular formula is C11H16N2O3S. The van der Waals surface area contributed by atoms with Gasteiger partial charge < -0.3 is 4.74 Å². The Morgan fingerprint density at radius 2 is 2.29 bits per heavy atom. The first-order chi connectivity index (χ1) is 8.15. The fourth-order valence-corrected chi connectivity index (χ4v) is 1.81. The van der Waals surface area contributed by atoms with Crippen LogP contribution in [0.3, 0.4) is 0 Å². The van der Waals surface area contributed by atoms with Gasteiger partial charge in [0, 0.05) is 17.4 Å². The van der Waals surface area contributed by atoms with Crippen LogP contribution in [-0.2, 0) is 0 Å². The van der Waals surface area contributed by atoms with Gasteiger partial charge in [-0.2, -0.15) is 0 Å². The summed E-state index contributed by atoms with van der Waals surface area (Å²) in [6.45, 7) is 2.33. The SMILES string of the molecule is CNSCCCOc1ccc([N+](=O)[O-])c(C)c1. The van der Waals surface area contributed by atoms with Crippen molar-refractivity contribution in [3.05, 3.63) is 33.9 Å². The van der Waals surface area contributed by atoms with Crippen LogP contribution >= 0.6 is 11.9 Å². The van der Waals surface area contributed by atoms with Crippen molar-refractivity contribution in [3.63, 3.8) is 0 Å². The molecule has 0 saturated heterocycles. The Balaban J connectivity index is 2.45. The third-order valence-corrected chi connectivity index (χ3v) is 2.95. The van der Waals surface area contributed by atoms with Crippen molar-refractivity contribution in [2.24, 2.45) is 0 Å². The quantitative estimate of drug-likeness (QED) is 0.351. The van der Waals surface area contributed by atoms with Gasteiger partial charge in [0.25, 0.3) is 5.69 Å². The monoisotopic (exact) mass is 256 g/mol. The fraction of sp³-hybridized carbons (Fsp3) is 0.455. The Hall–Kier alpha value is -1.27. The van der Waals surface area contributed by atoms with Crippen LogP contribution in [0.4, 0.5) is 5.69 Å². The van der Waals surface area contributed by atoms with Gasteiger partial charge in [-0.15, -0.1) is 0 Å². The molecular weight excluding hydrogens is 240 g/mol. The van der Waals surface area contributed by atoms with Crippen LogP contribution in [-0.4, -0.2) is 24.3 Å². The summed E-state index contributed by atoms with van der Waals surface area (Å²) in [5.41, 5.74) is 0.750. The number of aryl methyl sites for hydroxylation is 1. The molecule has 17 heavy (non-hydrogen) atoms. The lowest BCUT2D eigenvalue weighted by Gasteiger charge is -2.06. The van der Waals surface area contributed by atoms with Crippen LogP contribution in [0.2, 0.25) is 0 Å². The minimum Gasteiger partial charge on any atom is -0.494 e. The van der Waals surface area contributed by atoms with Crippen LogP contribution in [0.5, 0.6) is 5.75 Å². The van der Waals surface area contributed by atoms with E-state index in [2.05, 4.69) is 4.72 Å². The molecule has 0 heterocycles. The van der Waals surface area contributed by atoms with E-state index in [0.29, 0.717) is 17.9 Å². The lowest BCUT2D eigenvalue weighted by Crippen LogP contribution is -2.02. The van der Waals surface area contributed by atoms with Gasteiger partial charge in [0.2, 0.25) is 0 Å². The van der Waals surface area contributed by atoms with Gasteiger partial charge >= 0.3 is 0 Å². The molecule has 0 unspecified atom stereocenters. The standard InChI is InChI=1S/C11H16N2O3S/c1-9-8-10(4-5-11(9)13(14)15)16-6-3-7-17-12-2/h4-5,8,12H,3,6-7H2,1-2H3. The largest absolute Gasteiger partial charge is 0.494 e. The Morgan fingerprint density at radius 1 is 1.53 bits per heavy atom. The van der Waals surface area contributed by atoms with Crippen molar-refractivity contribution >= 4 is 17.6 Å². The van der Waals surface area contributed by atoms with Crippen molar-refractivity contribution in [1.29, 1.82) is 0 Å². The molecule has 6 heteroatoms. The molecule has 0 amide bonds. The summed E-state index contributed by atoms with van der Waals surface area (Å²) < 4.78 is 8.49. The summed E-state index contributed by atoms with van der Waals surface area (Å²) in [5.74, 6) is 1.66. The highest BCUT2D eigenvalue weighted by Crippen LogP contribution is 2.23. The van der Waals surface area contributed by atoms with Gasteiger partial charge in [0.1, 0.15) is 5.75 Å². The number of ether oxygens (including phenoxy) is 1. The van der Waals surface area contributed by atoms with E-state index in [1.807, 2.05) is 7.05 Å². The Labute approximate surface area is 105 Å². The van der Waals surface area contributed by atoms with Crippen molar-refractivity contribution in [2.45, 2.75) is 13.3 Å². The van der Waals surface area contributed by atoms with Gasteiger partial charge in [0.15, 0.2) is 0 Å². The predicted molar refractivity (Wildman–Crippen MR) is 69.5 cm³/mol. The van der Waals surface area contributed by atoms with Crippen molar-refractivity contribution in [2.75, 3.05) is 19.4 Å². The summed E-state index contributed by atoms with van der Waals surface area (Å²) in [7, 11) is 1.88. The number of nitro groups is 1. The zero-order valence-electron chi connectivity index (χ0n) is 9.93. The molecule has 0 spiro atoms. The highest BCUT2D eigenvalue weighted by Gasteiger charge is 2.10. The van der Waals surface area contributed by atoms with Gasteiger partial charge in [-0.3, -0.25) is 14.8 Å². The molecule has 0 saturated carbocycles. The van der Waals surface area contributed by atoms with Crippen LogP contribution in [0, 0.1) is 17.0 Å². The van der Waals surface area contributed by atoms with E-state index in [1.54, 1.807) is 31.0 Å². The second-order valence-corrected chi connectivity index (χ2v) is 4.57. The van der Waals surface area contributed by atoms with Crippen molar-refractivity contribution < 1.29 is 9.66 Å². The molecule has 94 valence electrons. The van der Waals surface area contributed by atoms with Crippen molar-refractivity contribution in [1.82, 2.24) is 4.72 Å². The summed E-state index contributed by atoms with van der Waals surface area (Å²) in [4.78, 5) is 10.2.